The fraction of sp³-hybridized carbons (Fsp3) is 0. The molecule has 0 radical (unpaired) electrons. The summed E-state index contributed by atoms with van der Waals surface area (Å²) < 4.78 is 50.9. The number of hydrogen-bond donors (Lipinski definition) is 4. The highest BCUT2D eigenvalue weighted by Crippen LogP contribution is 2.25. The lowest BCUT2D eigenvalue weighted by Crippen LogP contribution is -2.29. The summed E-state index contributed by atoms with van der Waals surface area (Å²) in [5, 5.41) is 34.8. The molecule has 0 saturated heterocycles. The van der Waals surface area contributed by atoms with Crippen molar-refractivity contribution in [1.82, 2.24) is 0 Å². The van der Waals surface area contributed by atoms with Gasteiger partial charge in [-0.3, -0.25) is 0 Å². The van der Waals surface area contributed by atoms with Gasteiger partial charge in [0.1, 0.15) is 34.8 Å². The zero-order valence-corrected chi connectivity index (χ0v) is 18.9. The molecule has 34 heavy (non-hydrogen) atoms. The van der Waals surface area contributed by atoms with Crippen molar-refractivity contribution in [2.45, 2.75) is 0 Å². The van der Waals surface area contributed by atoms with Crippen LogP contribution in [0.1, 0.15) is 0 Å². The van der Waals surface area contributed by atoms with Gasteiger partial charge in [0.2, 0.25) is 0 Å². The summed E-state index contributed by atoms with van der Waals surface area (Å²) in [5.41, 5.74) is 1.21. The molecule has 0 saturated carbocycles. The first-order valence-corrected chi connectivity index (χ1v) is 10.4. The maximum absolute atomic E-state index is 13.4. The number of rotatable bonds is 2. The molecule has 0 atom stereocenters. The maximum atomic E-state index is 13.4. The lowest BCUT2D eigenvalue weighted by Gasteiger charge is -2.03. The van der Waals surface area contributed by atoms with Crippen LogP contribution in [-0.4, -0.2) is 27.4 Å². The molecule has 4 N–H and O–H groups in total. The Morgan fingerprint density at radius 1 is 0.588 bits per heavy atom. The molecule has 0 heterocycles. The summed E-state index contributed by atoms with van der Waals surface area (Å²) in [4.78, 5) is 0. The first-order chi connectivity index (χ1) is 16.1. The van der Waals surface area contributed by atoms with Crippen LogP contribution in [0.3, 0.4) is 0 Å². The third-order valence-electron chi connectivity index (χ3n) is 4.18. The monoisotopic (exact) mass is 536 g/mol. The standard InChI is InChI=1S/C12H8F2O.C6H6BFO2.C6H4BrFO/c13-9-3-1-8(2-4-9)11-6-5-10(15)7-12(11)14;8-6-3-1-5(2-4-6)7(9)10;7-5-2-1-4(9)3-6(5)8/h1-7,15H;1-4,9-10H;1-3,9H. The third-order valence-corrected chi connectivity index (χ3v) is 4.82. The van der Waals surface area contributed by atoms with E-state index in [0.29, 0.717) is 21.1 Å². The molecule has 0 aliphatic heterocycles. The topological polar surface area (TPSA) is 80.9 Å². The zero-order valence-electron chi connectivity index (χ0n) is 17.3. The Kier molecular flexibility index (Phi) is 10.1. The van der Waals surface area contributed by atoms with Crippen LogP contribution in [0.2, 0.25) is 0 Å². The van der Waals surface area contributed by atoms with Crippen LogP contribution in [0, 0.1) is 23.3 Å². The van der Waals surface area contributed by atoms with Gasteiger partial charge in [0.15, 0.2) is 0 Å². The SMILES string of the molecule is OB(O)c1ccc(F)cc1.Oc1ccc(-c2ccc(F)cc2)c(F)c1.Oc1ccc(Br)c(F)c1. The highest BCUT2D eigenvalue weighted by molar-refractivity contribution is 9.10. The van der Waals surface area contributed by atoms with E-state index in [1.165, 1.54) is 72.8 Å². The molecule has 0 bridgehead atoms. The van der Waals surface area contributed by atoms with Crippen molar-refractivity contribution in [2.75, 3.05) is 0 Å². The first-order valence-electron chi connectivity index (χ1n) is 9.57. The molecule has 10 heteroatoms. The van der Waals surface area contributed by atoms with E-state index < -0.39 is 18.8 Å². The number of halogens is 5. The number of hydrogen-bond acceptors (Lipinski definition) is 4. The van der Waals surface area contributed by atoms with Gasteiger partial charge in [-0.25, -0.2) is 17.6 Å². The maximum Gasteiger partial charge on any atom is 0.488 e. The van der Waals surface area contributed by atoms with E-state index >= 15 is 0 Å². The van der Waals surface area contributed by atoms with Crippen LogP contribution in [0.15, 0.2) is 89.4 Å². The van der Waals surface area contributed by atoms with E-state index in [4.69, 9.17) is 20.3 Å². The molecule has 0 aliphatic carbocycles. The van der Waals surface area contributed by atoms with E-state index in [0.717, 1.165) is 12.1 Å². The number of aromatic hydroxyl groups is 2. The predicted octanol–water partition coefficient (Wildman–Crippen LogP) is 5.14. The van der Waals surface area contributed by atoms with Crippen molar-refractivity contribution in [3.8, 4) is 22.6 Å². The van der Waals surface area contributed by atoms with E-state index in [1.54, 1.807) is 0 Å². The van der Waals surface area contributed by atoms with Crippen LogP contribution < -0.4 is 5.46 Å². The van der Waals surface area contributed by atoms with Crippen LogP contribution in [0.4, 0.5) is 17.6 Å². The minimum atomic E-state index is -1.51. The summed E-state index contributed by atoms with van der Waals surface area (Å²) in [6, 6.07) is 18.3. The molecule has 4 aromatic rings. The fourth-order valence-electron chi connectivity index (χ4n) is 2.49. The minimum Gasteiger partial charge on any atom is -0.508 e. The largest absolute Gasteiger partial charge is 0.508 e. The van der Waals surface area contributed by atoms with E-state index in [2.05, 4.69) is 15.9 Å². The first kappa shape index (κ1) is 26.9. The number of benzene rings is 4. The summed E-state index contributed by atoms with van der Waals surface area (Å²) in [7, 11) is -1.51. The number of phenols is 2. The van der Waals surface area contributed by atoms with Gasteiger partial charge in [0.25, 0.3) is 0 Å². The zero-order chi connectivity index (χ0) is 25.3. The van der Waals surface area contributed by atoms with Gasteiger partial charge in [-0.1, -0.05) is 24.3 Å². The van der Waals surface area contributed by atoms with Crippen molar-refractivity contribution < 1.29 is 37.8 Å². The van der Waals surface area contributed by atoms with Crippen LogP contribution >= 0.6 is 15.9 Å². The van der Waals surface area contributed by atoms with E-state index in [1.807, 2.05) is 0 Å². The molecule has 0 fully saturated rings. The van der Waals surface area contributed by atoms with Crippen LogP contribution in [-0.2, 0) is 0 Å². The minimum absolute atomic E-state index is 0.0595. The van der Waals surface area contributed by atoms with Gasteiger partial charge in [-0.15, -0.1) is 0 Å². The average molecular weight is 537 g/mol. The number of phenolic OH excluding ortho intramolecular Hbond substituents is 2. The molecular weight excluding hydrogens is 519 g/mol. The van der Waals surface area contributed by atoms with Crippen molar-refractivity contribution in [1.29, 1.82) is 0 Å². The third kappa shape index (κ3) is 8.55. The molecule has 4 nitrogen and oxygen atoms in total. The smallest absolute Gasteiger partial charge is 0.488 e. The fourth-order valence-corrected chi connectivity index (χ4v) is 2.73. The molecule has 4 aromatic carbocycles. The van der Waals surface area contributed by atoms with Gasteiger partial charge in [-0.2, -0.15) is 0 Å². The molecule has 0 aliphatic rings. The van der Waals surface area contributed by atoms with Crippen LogP contribution in [0.25, 0.3) is 11.1 Å². The molecule has 0 amide bonds. The molecule has 0 aromatic heterocycles. The Morgan fingerprint density at radius 3 is 1.50 bits per heavy atom. The highest BCUT2D eigenvalue weighted by Gasteiger charge is 2.09. The van der Waals surface area contributed by atoms with Gasteiger partial charge in [0.05, 0.1) is 4.47 Å². The van der Waals surface area contributed by atoms with Gasteiger partial charge in [-0.05, 0) is 75.5 Å². The van der Waals surface area contributed by atoms with Crippen molar-refractivity contribution in [2.24, 2.45) is 0 Å². The normalized spacial score (nSPS) is 9.85. The second-order valence-corrected chi connectivity index (χ2v) is 7.55. The Labute approximate surface area is 201 Å². The van der Waals surface area contributed by atoms with E-state index in [9.17, 15) is 17.6 Å². The Morgan fingerprint density at radius 2 is 1.06 bits per heavy atom. The van der Waals surface area contributed by atoms with E-state index in [-0.39, 0.29) is 23.1 Å². The second kappa shape index (κ2) is 12.8. The summed E-state index contributed by atoms with van der Waals surface area (Å²) in [6.07, 6.45) is 0. The molecule has 4 rings (SSSR count). The Bertz CT molecular complexity index is 1210. The summed E-state index contributed by atoms with van der Waals surface area (Å²) in [5.74, 6) is -1.91. The molecule has 176 valence electrons. The predicted molar refractivity (Wildman–Crippen MR) is 125 cm³/mol. The van der Waals surface area contributed by atoms with Gasteiger partial charge in [0, 0.05) is 17.7 Å². The quantitative estimate of drug-likeness (QED) is 0.211. The molecular formula is C24H18BBrF4O4. The summed E-state index contributed by atoms with van der Waals surface area (Å²) in [6.45, 7) is 0. The molecule has 0 unspecified atom stereocenters. The highest BCUT2D eigenvalue weighted by atomic mass is 79.9. The van der Waals surface area contributed by atoms with Crippen molar-refractivity contribution in [3.05, 3.63) is 113 Å². The lowest BCUT2D eigenvalue weighted by molar-refractivity contribution is 0.425. The summed E-state index contributed by atoms with van der Waals surface area (Å²) >= 11 is 2.94. The van der Waals surface area contributed by atoms with Crippen molar-refractivity contribution in [3.63, 3.8) is 0 Å². The Balaban J connectivity index is 0.000000189. The van der Waals surface area contributed by atoms with Gasteiger partial charge >= 0.3 is 7.12 Å². The van der Waals surface area contributed by atoms with Gasteiger partial charge < -0.3 is 20.3 Å². The van der Waals surface area contributed by atoms with Crippen molar-refractivity contribution >= 4 is 28.5 Å². The van der Waals surface area contributed by atoms with Crippen LogP contribution in [0.5, 0.6) is 11.5 Å². The lowest BCUT2D eigenvalue weighted by atomic mass is 9.80. The molecule has 0 spiro atoms. The average Bonchev–Trinajstić information content (AvgIpc) is 2.79. The second-order valence-electron chi connectivity index (χ2n) is 6.69. The Hall–Kier alpha value is -3.34.